The lowest BCUT2D eigenvalue weighted by Crippen LogP contribution is -2.26. The molecule has 5 nitrogen and oxygen atoms in total. The number of benzene rings is 3. The Morgan fingerprint density at radius 3 is 2.14 bits per heavy atom. The number of phenolic OH excluding ortho intramolecular Hbond substituents is 1. The van der Waals surface area contributed by atoms with Gasteiger partial charge in [-0.15, -0.1) is 0 Å². The number of phenols is 1. The lowest BCUT2D eigenvalue weighted by Gasteiger charge is -2.18. The molecule has 0 aliphatic heterocycles. The van der Waals surface area contributed by atoms with E-state index in [-0.39, 0.29) is 23.6 Å². The second-order valence-corrected chi connectivity index (χ2v) is 7.17. The fraction of sp³-hybridized carbons (Fsp3) is 0.0833. The van der Waals surface area contributed by atoms with E-state index in [2.05, 4.69) is 0 Å². The van der Waals surface area contributed by atoms with Crippen molar-refractivity contribution >= 4 is 16.6 Å². The number of aromatic nitrogens is 1. The van der Waals surface area contributed by atoms with Gasteiger partial charge in [0.1, 0.15) is 5.75 Å². The molecular weight excluding hydrogens is 366 g/mol. The van der Waals surface area contributed by atoms with Crippen LogP contribution in [0.2, 0.25) is 0 Å². The lowest BCUT2D eigenvalue weighted by molar-refractivity contribution is 0.104. The van der Waals surface area contributed by atoms with Gasteiger partial charge in [0, 0.05) is 21.9 Å². The van der Waals surface area contributed by atoms with Gasteiger partial charge >= 0.3 is 0 Å². The zero-order valence-corrected chi connectivity index (χ0v) is 15.4. The maximum atomic E-state index is 13.3. The number of fused-ring (bicyclic) bond motifs is 5. The van der Waals surface area contributed by atoms with Gasteiger partial charge in [-0.1, -0.05) is 54.6 Å². The number of carbonyl (C=O) groups excluding carboxylic acids is 1. The van der Waals surface area contributed by atoms with Crippen LogP contribution in [0.15, 0.2) is 77.6 Å². The number of carbonyl (C=O) groups is 1. The first-order valence-corrected chi connectivity index (χ1v) is 9.33. The first-order valence-electron chi connectivity index (χ1n) is 9.33. The number of nitrogens with zero attached hydrogens (tertiary/aromatic N) is 1. The third kappa shape index (κ3) is 2.59. The molecule has 1 heterocycles. The molecule has 1 atom stereocenters. The largest absolute Gasteiger partial charge is 0.508 e. The first kappa shape index (κ1) is 17.4. The van der Waals surface area contributed by atoms with Crippen molar-refractivity contribution < 1.29 is 15.0 Å². The highest BCUT2D eigenvalue weighted by molar-refractivity contribution is 6.26. The van der Waals surface area contributed by atoms with Crippen molar-refractivity contribution in [2.75, 3.05) is 0 Å². The molecule has 4 aromatic rings. The second-order valence-electron chi connectivity index (χ2n) is 7.17. The molecule has 0 amide bonds. The highest BCUT2D eigenvalue weighted by atomic mass is 16.3. The van der Waals surface area contributed by atoms with Crippen LogP contribution in [0.3, 0.4) is 0 Å². The van der Waals surface area contributed by atoms with E-state index < -0.39 is 6.10 Å². The van der Waals surface area contributed by atoms with Gasteiger partial charge in [0.15, 0.2) is 5.78 Å². The molecule has 0 radical (unpaired) electrons. The van der Waals surface area contributed by atoms with E-state index >= 15 is 0 Å². The van der Waals surface area contributed by atoms with E-state index in [1.807, 2.05) is 18.2 Å². The molecular formula is C24H17NO4. The molecule has 2 N–H and O–H groups in total. The zero-order valence-electron chi connectivity index (χ0n) is 15.4. The Labute approximate surface area is 166 Å². The molecule has 0 bridgehead atoms. The number of ketones is 1. The summed E-state index contributed by atoms with van der Waals surface area (Å²) in [5.41, 5.74) is 2.64. The normalized spacial score (nSPS) is 13.3. The predicted octanol–water partition coefficient (Wildman–Crippen LogP) is 3.65. The fourth-order valence-corrected chi connectivity index (χ4v) is 4.08. The van der Waals surface area contributed by atoms with Crippen molar-refractivity contribution in [1.29, 1.82) is 0 Å². The van der Waals surface area contributed by atoms with E-state index in [1.165, 1.54) is 16.7 Å². The van der Waals surface area contributed by atoms with Crippen molar-refractivity contribution in [3.05, 3.63) is 99.8 Å². The summed E-state index contributed by atoms with van der Waals surface area (Å²) in [7, 11) is 0. The van der Waals surface area contributed by atoms with Crippen molar-refractivity contribution in [1.82, 2.24) is 4.57 Å². The summed E-state index contributed by atoms with van der Waals surface area (Å²) >= 11 is 0. The van der Waals surface area contributed by atoms with Gasteiger partial charge in [-0.2, -0.15) is 0 Å². The first-order chi connectivity index (χ1) is 14.1. The van der Waals surface area contributed by atoms with E-state index in [0.29, 0.717) is 38.7 Å². The number of pyridine rings is 1. The number of rotatable bonds is 3. The molecule has 1 aliphatic rings. The van der Waals surface area contributed by atoms with Gasteiger partial charge in [-0.25, -0.2) is 0 Å². The van der Waals surface area contributed by atoms with Crippen LogP contribution in [0.25, 0.3) is 22.0 Å². The van der Waals surface area contributed by atoms with Gasteiger partial charge in [0.2, 0.25) is 0 Å². The summed E-state index contributed by atoms with van der Waals surface area (Å²) in [6, 6.07) is 20.5. The van der Waals surface area contributed by atoms with E-state index in [0.717, 1.165) is 0 Å². The number of aromatic hydroxyl groups is 1. The number of aliphatic hydroxyl groups is 1. The van der Waals surface area contributed by atoms with Gasteiger partial charge in [-0.3, -0.25) is 9.59 Å². The SMILES string of the molecule is O=C1c2ccccc2-c2c1c1ccccc1c(=O)n2CC(O)c1ccc(O)cc1. The van der Waals surface area contributed by atoms with Crippen molar-refractivity contribution in [3.63, 3.8) is 0 Å². The minimum atomic E-state index is -0.971. The molecule has 0 saturated heterocycles. The Morgan fingerprint density at radius 1 is 0.793 bits per heavy atom. The lowest BCUT2D eigenvalue weighted by atomic mass is 10.0. The Bertz CT molecular complexity index is 1340. The Kier molecular flexibility index (Phi) is 3.86. The summed E-state index contributed by atoms with van der Waals surface area (Å²) < 4.78 is 1.50. The van der Waals surface area contributed by atoms with Crippen LogP contribution < -0.4 is 5.56 Å². The standard InChI is InChI=1S/C24H17NO4/c26-15-11-9-14(10-12-15)20(27)13-25-22-17-6-2-3-7-18(17)23(28)21(22)16-5-1-4-8-19(16)24(25)29/h1-12,20,26-27H,13H2. The quantitative estimate of drug-likeness (QED) is 0.498. The van der Waals surface area contributed by atoms with Crippen LogP contribution in [0.4, 0.5) is 0 Å². The van der Waals surface area contributed by atoms with Crippen LogP contribution in [0.5, 0.6) is 5.75 Å². The second kappa shape index (κ2) is 6.43. The predicted molar refractivity (Wildman–Crippen MR) is 110 cm³/mol. The van der Waals surface area contributed by atoms with Crippen molar-refractivity contribution in [3.8, 4) is 17.0 Å². The highest BCUT2D eigenvalue weighted by Gasteiger charge is 2.32. The molecule has 1 unspecified atom stereocenters. The summed E-state index contributed by atoms with van der Waals surface area (Å²) in [4.78, 5) is 26.5. The van der Waals surface area contributed by atoms with Crippen LogP contribution in [-0.2, 0) is 6.54 Å². The molecule has 29 heavy (non-hydrogen) atoms. The van der Waals surface area contributed by atoms with Gasteiger partial charge in [0.25, 0.3) is 5.56 Å². The highest BCUT2D eigenvalue weighted by Crippen LogP contribution is 2.39. The van der Waals surface area contributed by atoms with Crippen molar-refractivity contribution in [2.45, 2.75) is 12.6 Å². The van der Waals surface area contributed by atoms with Crippen molar-refractivity contribution in [2.24, 2.45) is 0 Å². The Balaban J connectivity index is 1.76. The van der Waals surface area contributed by atoms with Crippen LogP contribution in [0, 0.1) is 0 Å². The summed E-state index contributed by atoms with van der Waals surface area (Å²) in [5.74, 6) is -0.0103. The van der Waals surface area contributed by atoms with Gasteiger partial charge < -0.3 is 14.8 Å². The summed E-state index contributed by atoms with van der Waals surface area (Å²) in [6.07, 6.45) is -0.971. The van der Waals surface area contributed by atoms with Crippen LogP contribution in [0.1, 0.15) is 27.6 Å². The topological polar surface area (TPSA) is 79.5 Å². The van der Waals surface area contributed by atoms with Crippen LogP contribution in [-0.4, -0.2) is 20.6 Å². The Morgan fingerprint density at radius 2 is 1.41 bits per heavy atom. The average molecular weight is 383 g/mol. The minimum absolute atomic E-state index is 0.00160. The molecule has 5 heteroatoms. The Hall–Kier alpha value is -3.70. The molecule has 0 spiro atoms. The molecule has 3 aromatic carbocycles. The third-order valence-electron chi connectivity index (χ3n) is 5.47. The maximum Gasteiger partial charge on any atom is 0.259 e. The summed E-state index contributed by atoms with van der Waals surface area (Å²) in [6.45, 7) is -0.00160. The van der Waals surface area contributed by atoms with E-state index in [9.17, 15) is 19.8 Å². The minimum Gasteiger partial charge on any atom is -0.508 e. The maximum absolute atomic E-state index is 13.3. The molecule has 0 saturated carbocycles. The number of hydrogen-bond acceptors (Lipinski definition) is 4. The van der Waals surface area contributed by atoms with E-state index in [1.54, 1.807) is 42.5 Å². The molecule has 0 fully saturated rings. The van der Waals surface area contributed by atoms with Gasteiger partial charge in [-0.05, 0) is 23.8 Å². The smallest absolute Gasteiger partial charge is 0.259 e. The van der Waals surface area contributed by atoms with E-state index in [4.69, 9.17) is 0 Å². The molecule has 142 valence electrons. The molecule has 5 rings (SSSR count). The monoisotopic (exact) mass is 383 g/mol. The number of hydrogen-bond donors (Lipinski definition) is 2. The fourth-order valence-electron chi connectivity index (χ4n) is 4.08. The van der Waals surface area contributed by atoms with Crippen LogP contribution >= 0.6 is 0 Å². The van der Waals surface area contributed by atoms with Gasteiger partial charge in [0.05, 0.1) is 23.9 Å². The average Bonchev–Trinajstić information content (AvgIpc) is 3.04. The summed E-state index contributed by atoms with van der Waals surface area (Å²) in [5, 5.41) is 21.3. The number of aliphatic hydroxyl groups excluding tert-OH is 1. The third-order valence-corrected chi connectivity index (χ3v) is 5.47. The zero-order chi connectivity index (χ0) is 20.1. The molecule has 1 aromatic heterocycles. The molecule has 1 aliphatic carbocycles.